The molecule has 20 heavy (non-hydrogen) atoms. The molecule has 1 aliphatic heterocycles. The largest absolute Gasteiger partial charge is 0.478 e. The summed E-state index contributed by atoms with van der Waals surface area (Å²) in [6, 6.07) is -0.437. The van der Waals surface area contributed by atoms with Gasteiger partial charge in [-0.1, -0.05) is 0 Å². The van der Waals surface area contributed by atoms with Gasteiger partial charge in [-0.05, 0) is 6.42 Å². The number of alkyl halides is 3. The Kier molecular flexibility index (Phi) is 3.45. The lowest BCUT2D eigenvalue weighted by Crippen LogP contribution is -2.26. The lowest BCUT2D eigenvalue weighted by molar-refractivity contribution is -0.142. The summed E-state index contributed by atoms with van der Waals surface area (Å²) in [4.78, 5) is 23.5. The average molecular weight is 291 g/mol. The zero-order chi connectivity index (χ0) is 15.1. The van der Waals surface area contributed by atoms with Gasteiger partial charge in [0, 0.05) is 26.2 Å². The van der Waals surface area contributed by atoms with Crippen LogP contribution in [0.2, 0.25) is 0 Å². The zero-order valence-corrected chi connectivity index (χ0v) is 10.5. The number of halogens is 3. The van der Waals surface area contributed by atoms with E-state index in [0.29, 0.717) is 13.0 Å². The van der Waals surface area contributed by atoms with Crippen molar-refractivity contribution in [2.24, 2.45) is 0 Å². The SMILES string of the molecule is CC(=O)N1CCC(n2cc(C(=O)O)c(C(F)(F)F)n2)C1. The number of hydrogen-bond donors (Lipinski definition) is 1. The molecule has 1 amide bonds. The topological polar surface area (TPSA) is 75.4 Å². The molecular formula is C11H12F3N3O3. The number of carboxylic acid groups (broad SMARTS) is 1. The van der Waals surface area contributed by atoms with Gasteiger partial charge in [0.05, 0.1) is 6.04 Å². The summed E-state index contributed by atoms with van der Waals surface area (Å²) in [5.41, 5.74) is -2.29. The van der Waals surface area contributed by atoms with Crippen molar-refractivity contribution in [2.45, 2.75) is 25.6 Å². The first-order chi connectivity index (χ1) is 9.20. The van der Waals surface area contributed by atoms with Crippen LogP contribution in [0.5, 0.6) is 0 Å². The summed E-state index contributed by atoms with van der Waals surface area (Å²) >= 11 is 0. The van der Waals surface area contributed by atoms with Crippen LogP contribution in [-0.2, 0) is 11.0 Å². The van der Waals surface area contributed by atoms with Crippen LogP contribution in [0.1, 0.15) is 35.4 Å². The molecule has 1 aliphatic rings. The predicted molar refractivity (Wildman–Crippen MR) is 60.1 cm³/mol. The maximum atomic E-state index is 12.7. The van der Waals surface area contributed by atoms with E-state index in [4.69, 9.17) is 5.11 Å². The predicted octanol–water partition coefficient (Wildman–Crippen LogP) is 1.39. The maximum Gasteiger partial charge on any atom is 0.436 e. The molecule has 0 spiro atoms. The quantitative estimate of drug-likeness (QED) is 0.893. The van der Waals surface area contributed by atoms with Crippen molar-refractivity contribution in [3.63, 3.8) is 0 Å². The highest BCUT2D eigenvalue weighted by atomic mass is 19.4. The van der Waals surface area contributed by atoms with Crippen molar-refractivity contribution in [1.82, 2.24) is 14.7 Å². The first-order valence-electron chi connectivity index (χ1n) is 5.85. The number of aromatic nitrogens is 2. The molecule has 1 saturated heterocycles. The van der Waals surface area contributed by atoms with E-state index < -0.39 is 29.4 Å². The lowest BCUT2D eigenvalue weighted by atomic mass is 10.2. The molecule has 2 rings (SSSR count). The van der Waals surface area contributed by atoms with Gasteiger partial charge in [-0.2, -0.15) is 18.3 Å². The lowest BCUT2D eigenvalue weighted by Gasteiger charge is -2.14. The Bertz CT molecular complexity index is 553. The molecule has 2 heterocycles. The van der Waals surface area contributed by atoms with Gasteiger partial charge in [0.1, 0.15) is 5.56 Å². The van der Waals surface area contributed by atoms with Gasteiger partial charge in [-0.25, -0.2) is 4.79 Å². The standard InChI is InChI=1S/C11H12F3N3O3/c1-6(18)16-3-2-7(4-16)17-5-8(10(19)20)9(15-17)11(12,13)14/h5,7H,2-4H2,1H3,(H,19,20). The molecule has 1 atom stereocenters. The van der Waals surface area contributed by atoms with Crippen LogP contribution in [0.3, 0.4) is 0 Å². The fourth-order valence-corrected chi connectivity index (χ4v) is 2.19. The van der Waals surface area contributed by atoms with Crippen molar-refractivity contribution in [3.05, 3.63) is 17.5 Å². The first-order valence-corrected chi connectivity index (χ1v) is 5.85. The number of carbonyl (C=O) groups is 2. The molecule has 9 heteroatoms. The summed E-state index contributed by atoms with van der Waals surface area (Å²) in [6.07, 6.45) is -3.51. The van der Waals surface area contributed by atoms with E-state index >= 15 is 0 Å². The summed E-state index contributed by atoms with van der Waals surface area (Å²) in [5, 5.41) is 12.2. The number of rotatable bonds is 2. The zero-order valence-electron chi connectivity index (χ0n) is 10.5. The minimum Gasteiger partial charge on any atom is -0.478 e. The Morgan fingerprint density at radius 2 is 2.10 bits per heavy atom. The molecule has 0 bridgehead atoms. The van der Waals surface area contributed by atoms with Gasteiger partial charge in [-0.15, -0.1) is 0 Å². The highest BCUT2D eigenvalue weighted by Crippen LogP contribution is 2.32. The number of likely N-dealkylation sites (tertiary alicyclic amines) is 1. The van der Waals surface area contributed by atoms with Gasteiger partial charge < -0.3 is 10.0 Å². The van der Waals surface area contributed by atoms with E-state index in [1.165, 1.54) is 11.8 Å². The smallest absolute Gasteiger partial charge is 0.436 e. The Hall–Kier alpha value is -2.06. The highest BCUT2D eigenvalue weighted by Gasteiger charge is 2.40. The van der Waals surface area contributed by atoms with Gasteiger partial charge in [0.2, 0.25) is 5.91 Å². The molecule has 0 saturated carbocycles. The van der Waals surface area contributed by atoms with E-state index in [2.05, 4.69) is 5.10 Å². The number of amides is 1. The molecule has 0 aliphatic carbocycles. The van der Waals surface area contributed by atoms with Crippen LogP contribution in [0, 0.1) is 0 Å². The molecule has 1 fully saturated rings. The van der Waals surface area contributed by atoms with Crippen LogP contribution in [-0.4, -0.2) is 44.8 Å². The van der Waals surface area contributed by atoms with Gasteiger partial charge in [0.25, 0.3) is 0 Å². The third-order valence-electron chi connectivity index (χ3n) is 3.21. The maximum absolute atomic E-state index is 12.7. The summed E-state index contributed by atoms with van der Waals surface area (Å²) in [5.74, 6) is -1.85. The van der Waals surface area contributed by atoms with Crippen LogP contribution < -0.4 is 0 Å². The molecular weight excluding hydrogens is 279 g/mol. The van der Waals surface area contributed by atoms with Crippen molar-refractivity contribution in [3.8, 4) is 0 Å². The third kappa shape index (κ3) is 2.61. The van der Waals surface area contributed by atoms with Crippen molar-refractivity contribution in [1.29, 1.82) is 0 Å². The Labute approximate surface area is 111 Å². The molecule has 1 aromatic heterocycles. The molecule has 110 valence electrons. The number of carbonyl (C=O) groups excluding carboxylic acids is 1. The van der Waals surface area contributed by atoms with Gasteiger partial charge in [-0.3, -0.25) is 9.48 Å². The molecule has 0 aromatic carbocycles. The van der Waals surface area contributed by atoms with Crippen molar-refractivity contribution in [2.75, 3.05) is 13.1 Å². The number of aromatic carboxylic acids is 1. The molecule has 1 unspecified atom stereocenters. The van der Waals surface area contributed by atoms with Crippen LogP contribution in [0.4, 0.5) is 13.2 Å². The molecule has 1 aromatic rings. The minimum atomic E-state index is -4.82. The second-order valence-corrected chi connectivity index (χ2v) is 4.58. The Balaban J connectivity index is 2.31. The fourth-order valence-electron chi connectivity index (χ4n) is 2.19. The normalized spacial score (nSPS) is 19.4. The molecule has 0 radical (unpaired) electrons. The molecule has 1 N–H and O–H groups in total. The molecule has 6 nitrogen and oxygen atoms in total. The van der Waals surface area contributed by atoms with Gasteiger partial charge in [0.15, 0.2) is 5.69 Å². The van der Waals surface area contributed by atoms with Crippen LogP contribution in [0.25, 0.3) is 0 Å². The Morgan fingerprint density at radius 1 is 1.45 bits per heavy atom. The summed E-state index contributed by atoms with van der Waals surface area (Å²) in [7, 11) is 0. The van der Waals surface area contributed by atoms with Crippen LogP contribution in [0.15, 0.2) is 6.20 Å². The number of carboxylic acids is 1. The monoisotopic (exact) mass is 291 g/mol. The Morgan fingerprint density at radius 3 is 2.50 bits per heavy atom. The summed E-state index contributed by atoms with van der Waals surface area (Å²) in [6.45, 7) is 2.02. The number of hydrogen-bond acceptors (Lipinski definition) is 3. The number of nitrogens with zero attached hydrogens (tertiary/aromatic N) is 3. The highest BCUT2D eigenvalue weighted by molar-refractivity contribution is 5.88. The van der Waals surface area contributed by atoms with Crippen LogP contribution >= 0.6 is 0 Å². The van der Waals surface area contributed by atoms with Gasteiger partial charge >= 0.3 is 12.1 Å². The first kappa shape index (κ1) is 14.4. The second kappa shape index (κ2) is 4.80. The van der Waals surface area contributed by atoms with E-state index in [1.807, 2.05) is 0 Å². The third-order valence-corrected chi connectivity index (χ3v) is 3.21. The van der Waals surface area contributed by atoms with Crippen molar-refractivity contribution >= 4 is 11.9 Å². The minimum absolute atomic E-state index is 0.172. The van der Waals surface area contributed by atoms with E-state index in [9.17, 15) is 22.8 Å². The van der Waals surface area contributed by atoms with E-state index in [1.54, 1.807) is 0 Å². The van der Waals surface area contributed by atoms with Crippen molar-refractivity contribution < 1.29 is 27.9 Å². The average Bonchev–Trinajstić information content (AvgIpc) is 2.94. The second-order valence-electron chi connectivity index (χ2n) is 4.58. The van der Waals surface area contributed by atoms with E-state index in [0.717, 1.165) is 10.9 Å². The fraction of sp³-hybridized carbons (Fsp3) is 0.545. The summed E-state index contributed by atoms with van der Waals surface area (Å²) < 4.78 is 39.1. The van der Waals surface area contributed by atoms with E-state index in [-0.39, 0.29) is 12.5 Å².